The van der Waals surface area contributed by atoms with E-state index in [0.717, 1.165) is 57.8 Å². The van der Waals surface area contributed by atoms with Crippen LogP contribution < -0.4 is 0 Å². The van der Waals surface area contributed by atoms with Crippen molar-refractivity contribution in [2.24, 2.45) is 0 Å². The lowest BCUT2D eigenvalue weighted by Gasteiger charge is -2.41. The van der Waals surface area contributed by atoms with Gasteiger partial charge in [-0.2, -0.15) is 0 Å². The second-order valence-corrected chi connectivity index (χ2v) is 17.7. The van der Waals surface area contributed by atoms with Gasteiger partial charge in [-0.15, -0.1) is 0 Å². The Morgan fingerprint density at radius 3 is 1.60 bits per heavy atom. The number of hydrogen-bond donors (Lipinski definition) is 6. The van der Waals surface area contributed by atoms with Gasteiger partial charge in [0.15, 0.2) is 11.9 Å². The van der Waals surface area contributed by atoms with Gasteiger partial charge < -0.3 is 39.9 Å². The van der Waals surface area contributed by atoms with Crippen LogP contribution in [0.3, 0.4) is 0 Å². The number of aliphatic hydroxyl groups is 5. The van der Waals surface area contributed by atoms with Gasteiger partial charge in [-0.05, 0) is 44.6 Å². The first kappa shape index (κ1) is 57.5. The maximum absolute atomic E-state index is 12.8. The van der Waals surface area contributed by atoms with E-state index >= 15 is 0 Å². The number of carbonyl (C=O) groups excluding carboxylic acids is 3. The molecular weight excluding hydrogens is 819 g/mol. The van der Waals surface area contributed by atoms with Crippen molar-refractivity contribution in [2.75, 3.05) is 13.2 Å². The lowest BCUT2D eigenvalue weighted by molar-refractivity contribution is -0.220. The summed E-state index contributed by atoms with van der Waals surface area (Å²) in [4.78, 5) is 47.4. The second-order valence-electron chi connectivity index (χ2n) is 16.3. The van der Waals surface area contributed by atoms with E-state index in [-0.39, 0.29) is 18.6 Å². The molecule has 62 heavy (non-hydrogen) atoms. The Morgan fingerprint density at radius 2 is 1.02 bits per heavy atom. The average molecular weight is 901 g/mol. The second kappa shape index (κ2) is 36.8. The SMILES string of the molecule is CCCCCCCCCCCCCCCCCC(=O)O[C@H](COC(=O)CCC/C=C\C/C=C\C/C=C\C=C\C(=O)CCCCC)COP(=O)(O)OC1[C@H](O)[C@H](O)C(O)[C@H](O)[C@H]1O. The maximum Gasteiger partial charge on any atom is 0.472 e. The predicted molar refractivity (Wildman–Crippen MR) is 240 cm³/mol. The summed E-state index contributed by atoms with van der Waals surface area (Å²) in [7, 11) is -5.14. The van der Waals surface area contributed by atoms with Crippen LogP contribution >= 0.6 is 7.82 Å². The van der Waals surface area contributed by atoms with E-state index in [2.05, 4.69) is 13.8 Å². The molecule has 1 saturated carbocycles. The molecule has 0 radical (unpaired) electrons. The molecule has 1 fully saturated rings. The molecule has 0 aliphatic heterocycles. The van der Waals surface area contributed by atoms with Crippen LogP contribution in [-0.2, 0) is 37.5 Å². The predicted octanol–water partition coefficient (Wildman–Crippen LogP) is 8.35. The van der Waals surface area contributed by atoms with Gasteiger partial charge in [0.05, 0.1) is 6.61 Å². The third-order valence-electron chi connectivity index (χ3n) is 10.6. The van der Waals surface area contributed by atoms with Crippen molar-refractivity contribution in [2.45, 2.75) is 217 Å². The van der Waals surface area contributed by atoms with Crippen molar-refractivity contribution in [3.8, 4) is 0 Å². The zero-order valence-corrected chi connectivity index (χ0v) is 38.5. The first-order valence-corrected chi connectivity index (χ1v) is 24.9. The van der Waals surface area contributed by atoms with Crippen molar-refractivity contribution in [3.05, 3.63) is 48.6 Å². The first-order valence-electron chi connectivity index (χ1n) is 23.4. The van der Waals surface area contributed by atoms with Crippen LogP contribution in [0, 0.1) is 0 Å². The van der Waals surface area contributed by atoms with E-state index in [4.69, 9.17) is 18.5 Å². The molecule has 0 spiro atoms. The molecule has 8 atom stereocenters. The summed E-state index contributed by atoms with van der Waals surface area (Å²) in [5.41, 5.74) is 0. The van der Waals surface area contributed by atoms with Gasteiger partial charge in [0.1, 0.15) is 43.2 Å². The number of hydrogen-bond acceptors (Lipinski definition) is 13. The Bertz CT molecular complexity index is 1330. The average Bonchev–Trinajstić information content (AvgIpc) is 3.25. The van der Waals surface area contributed by atoms with E-state index in [1.54, 1.807) is 12.2 Å². The summed E-state index contributed by atoms with van der Waals surface area (Å²) in [6.07, 6.45) is 25.8. The third-order valence-corrected chi connectivity index (χ3v) is 11.6. The maximum atomic E-state index is 12.8. The highest BCUT2D eigenvalue weighted by molar-refractivity contribution is 7.47. The standard InChI is InChI=1S/C47H81O14P/c1-3-5-7-8-9-10-11-12-13-14-17-21-24-27-31-35-41(50)60-39(37-59-62(56,57)61-47-45(54)43(52)42(51)44(53)46(47)55)36-58-40(49)34-30-26-23-20-18-15-16-19-22-25-29-33-38(48)32-28-6-4-2/h15-16,20,22-23,25,29,33,39,42-47,51-55H,3-14,17-19,21,24,26-28,30-32,34-37H2,1-2H3,(H,56,57)/b16-15-,23-20-,25-22-,33-29+/t39-,42?,43-,44+,45-,46-,47?/m1/s1. The Morgan fingerprint density at radius 1 is 0.548 bits per heavy atom. The highest BCUT2D eigenvalue weighted by atomic mass is 31.2. The molecule has 0 aromatic heterocycles. The number of phosphoric acid groups is 1. The number of carbonyl (C=O) groups is 3. The lowest BCUT2D eigenvalue weighted by atomic mass is 9.85. The van der Waals surface area contributed by atoms with Gasteiger partial charge >= 0.3 is 19.8 Å². The smallest absolute Gasteiger partial charge is 0.462 e. The minimum atomic E-state index is -5.14. The summed E-state index contributed by atoms with van der Waals surface area (Å²) in [6, 6.07) is 0. The van der Waals surface area contributed by atoms with Crippen molar-refractivity contribution in [1.82, 2.24) is 0 Å². The van der Waals surface area contributed by atoms with Gasteiger partial charge in [0.2, 0.25) is 0 Å². The Balaban J connectivity index is 2.51. The molecule has 0 saturated heterocycles. The molecule has 0 aromatic rings. The molecule has 3 unspecified atom stereocenters. The Kier molecular flexibility index (Phi) is 34.1. The van der Waals surface area contributed by atoms with E-state index < -0.39 is 75.7 Å². The van der Waals surface area contributed by atoms with Gasteiger partial charge in [-0.25, -0.2) is 4.57 Å². The minimum Gasteiger partial charge on any atom is -0.462 e. The van der Waals surface area contributed by atoms with Crippen LogP contribution in [0.15, 0.2) is 48.6 Å². The van der Waals surface area contributed by atoms with E-state index in [1.807, 2.05) is 36.5 Å². The summed E-state index contributed by atoms with van der Waals surface area (Å²) >= 11 is 0. The monoisotopic (exact) mass is 901 g/mol. The van der Waals surface area contributed by atoms with E-state index in [9.17, 15) is 49.4 Å². The molecule has 0 bridgehead atoms. The molecule has 358 valence electrons. The van der Waals surface area contributed by atoms with Crippen molar-refractivity contribution < 1.29 is 67.9 Å². The molecule has 0 heterocycles. The number of aliphatic hydroxyl groups excluding tert-OH is 5. The number of ketones is 1. The van der Waals surface area contributed by atoms with Crippen LogP contribution in [0.2, 0.25) is 0 Å². The fourth-order valence-corrected chi connectivity index (χ4v) is 7.80. The highest BCUT2D eigenvalue weighted by Crippen LogP contribution is 2.47. The number of ether oxygens (including phenoxy) is 2. The molecule has 14 nitrogen and oxygen atoms in total. The zero-order chi connectivity index (χ0) is 45.9. The lowest BCUT2D eigenvalue weighted by Crippen LogP contribution is -2.64. The van der Waals surface area contributed by atoms with Crippen molar-refractivity contribution in [3.63, 3.8) is 0 Å². The topological polar surface area (TPSA) is 227 Å². The van der Waals surface area contributed by atoms with Crippen molar-refractivity contribution >= 4 is 25.5 Å². The quantitative estimate of drug-likeness (QED) is 0.00855. The normalized spacial score (nSPS) is 22.2. The Labute approximate surface area is 371 Å². The molecule has 0 aromatic carbocycles. The Hall–Kier alpha value is -2.52. The summed E-state index contributed by atoms with van der Waals surface area (Å²) in [5.74, 6) is -1.05. The summed E-state index contributed by atoms with van der Waals surface area (Å²) in [6.45, 7) is 3.09. The van der Waals surface area contributed by atoms with Crippen LogP contribution in [0.5, 0.6) is 0 Å². The molecular formula is C47H81O14P. The number of allylic oxidation sites excluding steroid dienone is 8. The number of phosphoric ester groups is 1. The van der Waals surface area contributed by atoms with Gasteiger partial charge in [0.25, 0.3) is 0 Å². The number of unbranched alkanes of at least 4 members (excludes halogenated alkanes) is 17. The van der Waals surface area contributed by atoms with Gasteiger partial charge in [-0.3, -0.25) is 23.4 Å². The number of rotatable bonds is 38. The molecule has 0 amide bonds. The molecule has 1 aliphatic rings. The fraction of sp³-hybridized carbons (Fsp3) is 0.766. The van der Waals surface area contributed by atoms with Crippen LogP contribution in [0.4, 0.5) is 0 Å². The molecule has 1 rings (SSSR count). The summed E-state index contributed by atoms with van der Waals surface area (Å²) in [5, 5.41) is 50.1. The largest absolute Gasteiger partial charge is 0.472 e. The number of esters is 2. The highest BCUT2D eigenvalue weighted by Gasteiger charge is 2.51. The first-order chi connectivity index (χ1) is 29.8. The van der Waals surface area contributed by atoms with Crippen molar-refractivity contribution in [1.29, 1.82) is 0 Å². The molecule has 6 N–H and O–H groups in total. The van der Waals surface area contributed by atoms with Gasteiger partial charge in [-0.1, -0.05) is 159 Å². The van der Waals surface area contributed by atoms with Crippen LogP contribution in [0.1, 0.15) is 174 Å². The third kappa shape index (κ3) is 29.0. The fourth-order valence-electron chi connectivity index (χ4n) is 6.82. The molecule has 1 aliphatic carbocycles. The molecule has 15 heteroatoms. The minimum absolute atomic E-state index is 0.0653. The summed E-state index contributed by atoms with van der Waals surface area (Å²) < 4.78 is 33.4. The van der Waals surface area contributed by atoms with Gasteiger partial charge in [0, 0.05) is 19.3 Å². The van der Waals surface area contributed by atoms with E-state index in [0.29, 0.717) is 25.7 Å². The van der Waals surface area contributed by atoms with Crippen LogP contribution in [0.25, 0.3) is 0 Å². The zero-order valence-electron chi connectivity index (χ0n) is 37.6. The van der Waals surface area contributed by atoms with E-state index in [1.165, 1.54) is 64.2 Å². The van der Waals surface area contributed by atoms with Crippen LogP contribution in [-0.4, -0.2) is 104 Å².